The fraction of sp³-hybridized carbons (Fsp3) is 0.250. The minimum Gasteiger partial charge on any atom is -0.389 e. The number of thiocarbonyl (C=S) groups is 1. The van der Waals surface area contributed by atoms with Gasteiger partial charge in [-0.15, -0.1) is 0 Å². The van der Waals surface area contributed by atoms with E-state index in [1.54, 1.807) is 0 Å². The topological polar surface area (TPSA) is 115 Å². The monoisotopic (exact) mass is 298 g/mol. The highest BCUT2D eigenvalue weighted by Crippen LogP contribution is 2.12. The van der Waals surface area contributed by atoms with Gasteiger partial charge in [0.2, 0.25) is 11.8 Å². The molecule has 0 heterocycles. The lowest BCUT2D eigenvalue weighted by atomic mass is 10.1. The van der Waals surface area contributed by atoms with Crippen molar-refractivity contribution in [2.45, 2.75) is 6.54 Å². The highest BCUT2D eigenvalue weighted by Gasteiger charge is 2.13. The van der Waals surface area contributed by atoms with Crippen molar-refractivity contribution in [2.75, 3.05) is 13.1 Å². The highest BCUT2D eigenvalue weighted by atomic mass is 32.1. The molecule has 2 amide bonds. The largest absolute Gasteiger partial charge is 0.389 e. The molecule has 0 bridgehead atoms. The van der Waals surface area contributed by atoms with Crippen molar-refractivity contribution in [3.8, 4) is 0 Å². The van der Waals surface area contributed by atoms with Gasteiger partial charge < -0.3 is 17.2 Å². The highest BCUT2D eigenvalue weighted by molar-refractivity contribution is 7.80. The summed E-state index contributed by atoms with van der Waals surface area (Å²) in [6, 6.07) is 4.19. The Labute approximate surface area is 120 Å². The Morgan fingerprint density at radius 3 is 2.15 bits per heavy atom. The molecule has 0 atom stereocenters. The summed E-state index contributed by atoms with van der Waals surface area (Å²) in [5.74, 6) is -1.72. The van der Waals surface area contributed by atoms with E-state index in [4.69, 9.17) is 29.4 Å². The van der Waals surface area contributed by atoms with Crippen LogP contribution in [0.5, 0.6) is 0 Å². The number of hydrogen-bond donors (Lipinski definition) is 3. The van der Waals surface area contributed by atoms with Gasteiger partial charge in [-0.3, -0.25) is 14.5 Å². The third-order valence-electron chi connectivity index (χ3n) is 2.46. The van der Waals surface area contributed by atoms with Gasteiger partial charge >= 0.3 is 0 Å². The molecular weight excluding hydrogens is 283 g/mol. The molecule has 0 fully saturated rings. The summed E-state index contributed by atoms with van der Waals surface area (Å²) >= 11 is 4.74. The van der Waals surface area contributed by atoms with Crippen LogP contribution in [0.4, 0.5) is 4.39 Å². The first-order valence-electron chi connectivity index (χ1n) is 5.66. The molecule has 0 saturated carbocycles. The fourth-order valence-electron chi connectivity index (χ4n) is 1.73. The van der Waals surface area contributed by atoms with E-state index >= 15 is 0 Å². The van der Waals surface area contributed by atoms with Crippen LogP contribution in [-0.4, -0.2) is 34.8 Å². The van der Waals surface area contributed by atoms with Crippen molar-refractivity contribution in [2.24, 2.45) is 17.2 Å². The third kappa shape index (κ3) is 4.90. The van der Waals surface area contributed by atoms with Crippen LogP contribution in [0.1, 0.15) is 11.1 Å². The second-order valence-corrected chi connectivity index (χ2v) is 4.70. The normalized spacial score (nSPS) is 10.5. The van der Waals surface area contributed by atoms with Gasteiger partial charge in [0.15, 0.2) is 0 Å². The zero-order valence-electron chi connectivity index (χ0n) is 10.6. The van der Waals surface area contributed by atoms with Gasteiger partial charge in [-0.05, 0) is 17.7 Å². The molecule has 0 aliphatic rings. The quantitative estimate of drug-likeness (QED) is 0.572. The molecule has 0 aromatic heterocycles. The number of nitrogens with two attached hydrogens (primary N) is 3. The molecule has 1 aromatic rings. The lowest BCUT2D eigenvalue weighted by Crippen LogP contribution is -2.39. The van der Waals surface area contributed by atoms with Crippen LogP contribution in [0.2, 0.25) is 0 Å². The number of primary amides is 2. The number of carbonyl (C=O) groups excluding carboxylic acids is 2. The number of nitrogens with zero attached hydrogens (tertiary/aromatic N) is 1. The Kier molecular flexibility index (Phi) is 5.53. The number of hydrogen-bond acceptors (Lipinski definition) is 4. The number of halogens is 1. The maximum absolute atomic E-state index is 13.4. The smallest absolute Gasteiger partial charge is 0.231 e. The molecular formula is C12H15FN4O2S. The molecule has 0 unspecified atom stereocenters. The van der Waals surface area contributed by atoms with Gasteiger partial charge in [0, 0.05) is 12.1 Å². The molecule has 108 valence electrons. The number of amides is 2. The van der Waals surface area contributed by atoms with Gasteiger partial charge in [-0.1, -0.05) is 18.3 Å². The van der Waals surface area contributed by atoms with Gasteiger partial charge in [-0.2, -0.15) is 0 Å². The van der Waals surface area contributed by atoms with Crippen LogP contribution in [0.25, 0.3) is 0 Å². The van der Waals surface area contributed by atoms with E-state index in [0.29, 0.717) is 5.56 Å². The van der Waals surface area contributed by atoms with Crippen LogP contribution in [0, 0.1) is 5.82 Å². The van der Waals surface area contributed by atoms with Crippen LogP contribution in [0.3, 0.4) is 0 Å². The minimum absolute atomic E-state index is 0.0688. The Balaban J connectivity index is 2.92. The average molecular weight is 298 g/mol. The summed E-state index contributed by atoms with van der Waals surface area (Å²) in [6.07, 6.45) is 0. The van der Waals surface area contributed by atoms with Gasteiger partial charge in [-0.25, -0.2) is 4.39 Å². The van der Waals surface area contributed by atoms with E-state index in [9.17, 15) is 14.0 Å². The summed E-state index contributed by atoms with van der Waals surface area (Å²) in [4.78, 5) is 23.3. The Hall–Kier alpha value is -2.06. The van der Waals surface area contributed by atoms with Crippen molar-refractivity contribution in [1.82, 2.24) is 4.90 Å². The van der Waals surface area contributed by atoms with Crippen LogP contribution < -0.4 is 17.2 Å². The summed E-state index contributed by atoms with van der Waals surface area (Å²) in [5.41, 5.74) is 16.3. The van der Waals surface area contributed by atoms with E-state index in [-0.39, 0.29) is 30.2 Å². The zero-order chi connectivity index (χ0) is 15.3. The SMILES string of the molecule is NC(=O)CN(CC(N)=O)Cc1ccc(F)c(C(N)=S)c1. The molecule has 8 heteroatoms. The molecule has 0 aliphatic carbocycles. The third-order valence-corrected chi connectivity index (χ3v) is 2.68. The van der Waals surface area contributed by atoms with Crippen LogP contribution in [0.15, 0.2) is 18.2 Å². The lowest BCUT2D eigenvalue weighted by molar-refractivity contribution is -0.122. The van der Waals surface area contributed by atoms with E-state index in [1.807, 2.05) is 0 Å². The predicted octanol–water partition coefficient (Wildman–Crippen LogP) is -0.767. The number of rotatable bonds is 7. The molecule has 1 rings (SSSR count). The maximum Gasteiger partial charge on any atom is 0.231 e. The first-order valence-corrected chi connectivity index (χ1v) is 6.07. The minimum atomic E-state index is -0.595. The number of carbonyl (C=O) groups is 2. The van der Waals surface area contributed by atoms with Crippen molar-refractivity contribution in [1.29, 1.82) is 0 Å². The molecule has 6 N–H and O–H groups in total. The second kappa shape index (κ2) is 6.92. The first-order chi connectivity index (χ1) is 9.29. The lowest BCUT2D eigenvalue weighted by Gasteiger charge is -2.19. The average Bonchev–Trinajstić information content (AvgIpc) is 2.29. The molecule has 0 aliphatic heterocycles. The first kappa shape index (κ1) is 16.0. The Morgan fingerprint density at radius 2 is 1.70 bits per heavy atom. The molecule has 0 saturated heterocycles. The second-order valence-electron chi connectivity index (χ2n) is 4.26. The van der Waals surface area contributed by atoms with Crippen LogP contribution in [-0.2, 0) is 16.1 Å². The summed E-state index contributed by atoms with van der Waals surface area (Å²) in [6.45, 7) is -0.0762. The molecule has 0 spiro atoms. The molecule has 20 heavy (non-hydrogen) atoms. The Morgan fingerprint density at radius 1 is 1.15 bits per heavy atom. The van der Waals surface area contributed by atoms with Crippen LogP contribution >= 0.6 is 12.2 Å². The maximum atomic E-state index is 13.4. The standard InChI is InChI=1S/C12H15FN4O2S/c13-9-2-1-7(3-8(9)12(16)20)4-17(5-10(14)18)6-11(15)19/h1-3H,4-6H2,(H2,14,18)(H2,15,19)(H2,16,20). The molecule has 0 radical (unpaired) electrons. The van der Waals surface area contributed by atoms with Crippen molar-refractivity contribution in [3.05, 3.63) is 35.1 Å². The van der Waals surface area contributed by atoms with Gasteiger partial charge in [0.1, 0.15) is 10.8 Å². The predicted molar refractivity (Wildman–Crippen MR) is 76.0 cm³/mol. The molecule has 1 aromatic carbocycles. The zero-order valence-corrected chi connectivity index (χ0v) is 11.5. The summed E-state index contributed by atoms with van der Waals surface area (Å²) in [5, 5.41) is 0. The summed E-state index contributed by atoms with van der Waals surface area (Å²) in [7, 11) is 0. The van der Waals surface area contributed by atoms with E-state index in [2.05, 4.69) is 0 Å². The van der Waals surface area contributed by atoms with E-state index < -0.39 is 17.6 Å². The van der Waals surface area contributed by atoms with Crippen molar-refractivity contribution < 1.29 is 14.0 Å². The van der Waals surface area contributed by atoms with Gasteiger partial charge in [0.05, 0.1) is 13.1 Å². The number of benzene rings is 1. The van der Waals surface area contributed by atoms with Crippen molar-refractivity contribution >= 4 is 29.0 Å². The fourth-order valence-corrected chi connectivity index (χ4v) is 1.88. The van der Waals surface area contributed by atoms with E-state index in [0.717, 1.165) is 0 Å². The van der Waals surface area contributed by atoms with E-state index in [1.165, 1.54) is 23.1 Å². The Bertz CT molecular complexity index is 534. The summed E-state index contributed by atoms with van der Waals surface area (Å²) < 4.78 is 13.4. The molecule has 6 nitrogen and oxygen atoms in total. The van der Waals surface area contributed by atoms with Gasteiger partial charge in [0.25, 0.3) is 0 Å². The van der Waals surface area contributed by atoms with Crippen molar-refractivity contribution in [3.63, 3.8) is 0 Å².